The van der Waals surface area contributed by atoms with Gasteiger partial charge in [-0.05, 0) is 5.56 Å². The van der Waals surface area contributed by atoms with Crippen LogP contribution in [0.3, 0.4) is 0 Å². The first-order valence-corrected chi connectivity index (χ1v) is 7.84. The number of rotatable bonds is 6. The summed E-state index contributed by atoms with van der Waals surface area (Å²) in [7, 11) is 1.87. The molecule has 0 aliphatic carbocycles. The summed E-state index contributed by atoms with van der Waals surface area (Å²) in [5.41, 5.74) is 1.93. The lowest BCUT2D eigenvalue weighted by molar-refractivity contribution is 0.271. The fraction of sp³-hybridized carbons (Fsp3) is 0.267. The van der Waals surface area contributed by atoms with Gasteiger partial charge in [0.1, 0.15) is 0 Å². The Bertz CT molecular complexity index is 739. The Kier molecular flexibility index (Phi) is 4.55. The summed E-state index contributed by atoms with van der Waals surface area (Å²) in [6.45, 7) is -0.0220. The standard InChI is InChI=1S/C15H16N4O2S/c1-19-12(9-20)8-16-15(19)22-10-14-17-13(18-21-14)7-11-5-3-2-4-6-11/h2-6,8,20H,7,9-10H2,1H3. The molecule has 0 aliphatic rings. The predicted octanol–water partition coefficient (Wildman–Crippen LogP) is 2.18. The van der Waals surface area contributed by atoms with E-state index < -0.39 is 0 Å². The van der Waals surface area contributed by atoms with E-state index in [2.05, 4.69) is 15.1 Å². The monoisotopic (exact) mass is 316 g/mol. The van der Waals surface area contributed by atoms with Crippen LogP contribution in [0.4, 0.5) is 0 Å². The average Bonchev–Trinajstić information content (AvgIpc) is 3.13. The number of nitrogens with zero attached hydrogens (tertiary/aromatic N) is 4. The highest BCUT2D eigenvalue weighted by molar-refractivity contribution is 7.98. The van der Waals surface area contributed by atoms with Gasteiger partial charge in [0.05, 0.1) is 24.3 Å². The van der Waals surface area contributed by atoms with E-state index in [0.29, 0.717) is 23.9 Å². The topological polar surface area (TPSA) is 77.0 Å². The van der Waals surface area contributed by atoms with Crippen molar-refractivity contribution in [1.29, 1.82) is 0 Å². The van der Waals surface area contributed by atoms with Gasteiger partial charge in [0, 0.05) is 13.5 Å². The molecule has 0 saturated heterocycles. The van der Waals surface area contributed by atoms with Gasteiger partial charge in [-0.3, -0.25) is 0 Å². The van der Waals surface area contributed by atoms with Crippen molar-refractivity contribution in [2.24, 2.45) is 7.05 Å². The van der Waals surface area contributed by atoms with Gasteiger partial charge in [0.2, 0.25) is 5.89 Å². The molecule has 0 saturated carbocycles. The molecule has 0 bridgehead atoms. The Labute approximate surface area is 132 Å². The summed E-state index contributed by atoms with van der Waals surface area (Å²) in [4.78, 5) is 8.64. The number of thioether (sulfide) groups is 1. The maximum atomic E-state index is 9.15. The summed E-state index contributed by atoms with van der Waals surface area (Å²) in [5.74, 6) is 1.81. The van der Waals surface area contributed by atoms with E-state index in [1.165, 1.54) is 11.8 Å². The van der Waals surface area contributed by atoms with Crippen LogP contribution in [0.1, 0.15) is 23.0 Å². The second-order valence-electron chi connectivity index (χ2n) is 4.80. The van der Waals surface area contributed by atoms with Gasteiger partial charge in [-0.2, -0.15) is 4.98 Å². The second kappa shape index (κ2) is 6.76. The predicted molar refractivity (Wildman–Crippen MR) is 82.2 cm³/mol. The molecule has 2 aromatic heterocycles. The quantitative estimate of drug-likeness (QED) is 0.702. The minimum Gasteiger partial charge on any atom is -0.390 e. The van der Waals surface area contributed by atoms with E-state index in [0.717, 1.165) is 16.4 Å². The third-order valence-corrected chi connectivity index (χ3v) is 4.27. The Hall–Kier alpha value is -2.12. The first-order valence-electron chi connectivity index (χ1n) is 6.86. The van der Waals surface area contributed by atoms with Crippen LogP contribution in [-0.4, -0.2) is 24.8 Å². The molecule has 0 spiro atoms. The minimum absolute atomic E-state index is 0.0220. The molecule has 0 aliphatic heterocycles. The molecule has 0 fully saturated rings. The van der Waals surface area contributed by atoms with Crippen LogP contribution in [0.2, 0.25) is 0 Å². The van der Waals surface area contributed by atoms with Crippen LogP contribution >= 0.6 is 11.8 Å². The van der Waals surface area contributed by atoms with E-state index in [9.17, 15) is 0 Å². The zero-order valence-corrected chi connectivity index (χ0v) is 13.0. The molecule has 1 aromatic carbocycles. The van der Waals surface area contributed by atoms with Crippen LogP contribution in [0.15, 0.2) is 46.2 Å². The maximum absolute atomic E-state index is 9.15. The van der Waals surface area contributed by atoms with Gasteiger partial charge in [-0.15, -0.1) is 0 Å². The molecule has 0 radical (unpaired) electrons. The molecule has 1 N–H and O–H groups in total. The fourth-order valence-electron chi connectivity index (χ4n) is 2.03. The Morgan fingerprint density at radius 1 is 1.27 bits per heavy atom. The van der Waals surface area contributed by atoms with Crippen LogP contribution < -0.4 is 0 Å². The maximum Gasteiger partial charge on any atom is 0.237 e. The number of aromatic nitrogens is 4. The van der Waals surface area contributed by atoms with Gasteiger partial charge in [-0.25, -0.2) is 4.98 Å². The van der Waals surface area contributed by atoms with Crippen LogP contribution in [0, 0.1) is 0 Å². The summed E-state index contributed by atoms with van der Waals surface area (Å²) in [5, 5.41) is 14.0. The molecule has 3 aromatic rings. The van der Waals surface area contributed by atoms with Crippen LogP contribution in [0.5, 0.6) is 0 Å². The SMILES string of the molecule is Cn1c(CO)cnc1SCc1nc(Cc2ccccc2)no1. The van der Waals surface area contributed by atoms with E-state index in [1.807, 2.05) is 41.9 Å². The van der Waals surface area contributed by atoms with Crippen molar-refractivity contribution in [2.75, 3.05) is 0 Å². The number of hydrogen-bond donors (Lipinski definition) is 1. The van der Waals surface area contributed by atoms with Gasteiger partial charge in [0.15, 0.2) is 11.0 Å². The van der Waals surface area contributed by atoms with Crippen molar-refractivity contribution in [3.63, 3.8) is 0 Å². The van der Waals surface area contributed by atoms with Crippen molar-refractivity contribution in [1.82, 2.24) is 19.7 Å². The summed E-state index contributed by atoms with van der Waals surface area (Å²) >= 11 is 1.50. The number of hydrogen-bond acceptors (Lipinski definition) is 6. The van der Waals surface area contributed by atoms with Crippen molar-refractivity contribution in [3.05, 3.63) is 59.5 Å². The van der Waals surface area contributed by atoms with Crippen LogP contribution in [0.25, 0.3) is 0 Å². The van der Waals surface area contributed by atoms with Crippen molar-refractivity contribution in [3.8, 4) is 0 Å². The number of aliphatic hydroxyl groups excluding tert-OH is 1. The summed E-state index contributed by atoms with van der Waals surface area (Å²) in [6.07, 6.45) is 2.32. The number of imidazole rings is 1. The lowest BCUT2D eigenvalue weighted by Crippen LogP contribution is -1.97. The highest BCUT2D eigenvalue weighted by Gasteiger charge is 2.11. The third-order valence-electron chi connectivity index (χ3n) is 3.24. The van der Waals surface area contributed by atoms with Crippen molar-refractivity contribution in [2.45, 2.75) is 23.9 Å². The number of aliphatic hydroxyl groups is 1. The first kappa shape index (κ1) is 14.8. The second-order valence-corrected chi connectivity index (χ2v) is 5.75. The van der Waals surface area contributed by atoms with Crippen molar-refractivity contribution >= 4 is 11.8 Å². The zero-order chi connectivity index (χ0) is 15.4. The zero-order valence-electron chi connectivity index (χ0n) is 12.1. The molecular formula is C15H16N4O2S. The van der Waals surface area contributed by atoms with Gasteiger partial charge >= 0.3 is 0 Å². The molecule has 6 nitrogen and oxygen atoms in total. The average molecular weight is 316 g/mol. The number of benzene rings is 1. The van der Waals surface area contributed by atoms with E-state index in [1.54, 1.807) is 6.20 Å². The largest absolute Gasteiger partial charge is 0.390 e. The lowest BCUT2D eigenvalue weighted by Gasteiger charge is -2.01. The summed E-state index contributed by atoms with van der Waals surface area (Å²) in [6, 6.07) is 10.0. The third kappa shape index (κ3) is 3.37. The van der Waals surface area contributed by atoms with E-state index in [-0.39, 0.29) is 6.61 Å². The molecule has 22 heavy (non-hydrogen) atoms. The van der Waals surface area contributed by atoms with E-state index >= 15 is 0 Å². The molecule has 114 valence electrons. The molecule has 2 heterocycles. The van der Waals surface area contributed by atoms with Crippen LogP contribution in [-0.2, 0) is 25.8 Å². The Morgan fingerprint density at radius 3 is 2.82 bits per heavy atom. The smallest absolute Gasteiger partial charge is 0.237 e. The Morgan fingerprint density at radius 2 is 2.09 bits per heavy atom. The minimum atomic E-state index is -0.0220. The molecule has 0 unspecified atom stereocenters. The molecule has 0 amide bonds. The highest BCUT2D eigenvalue weighted by atomic mass is 32.2. The van der Waals surface area contributed by atoms with E-state index in [4.69, 9.17) is 9.63 Å². The van der Waals surface area contributed by atoms with Gasteiger partial charge in [-0.1, -0.05) is 47.3 Å². The molecular weight excluding hydrogens is 300 g/mol. The van der Waals surface area contributed by atoms with Gasteiger partial charge < -0.3 is 14.2 Å². The first-order chi connectivity index (χ1) is 10.8. The molecule has 7 heteroatoms. The normalized spacial score (nSPS) is 11.0. The summed E-state index contributed by atoms with van der Waals surface area (Å²) < 4.78 is 7.12. The fourth-order valence-corrected chi connectivity index (χ4v) is 2.84. The van der Waals surface area contributed by atoms with Gasteiger partial charge in [0.25, 0.3) is 0 Å². The lowest BCUT2D eigenvalue weighted by atomic mass is 10.1. The van der Waals surface area contributed by atoms with Crippen molar-refractivity contribution < 1.29 is 9.63 Å². The molecule has 3 rings (SSSR count). The molecule has 0 atom stereocenters. The highest BCUT2D eigenvalue weighted by Crippen LogP contribution is 2.21. The Balaban J connectivity index is 1.61.